The summed E-state index contributed by atoms with van der Waals surface area (Å²) in [6.07, 6.45) is 3.31. The molecule has 0 radical (unpaired) electrons. The second-order valence-electron chi connectivity index (χ2n) is 5.46. The van der Waals surface area contributed by atoms with Crippen molar-refractivity contribution < 1.29 is 0 Å². The van der Waals surface area contributed by atoms with Crippen LogP contribution in [-0.4, -0.2) is 54.1 Å². The van der Waals surface area contributed by atoms with Gasteiger partial charge in [0.05, 0.1) is 5.69 Å². The van der Waals surface area contributed by atoms with Gasteiger partial charge in [0, 0.05) is 43.8 Å². The van der Waals surface area contributed by atoms with Crippen LogP contribution in [0, 0.1) is 0 Å². The van der Waals surface area contributed by atoms with E-state index in [2.05, 4.69) is 45.1 Å². The molecule has 20 heavy (non-hydrogen) atoms. The molecule has 1 N–H and O–H groups in total. The third kappa shape index (κ3) is 2.32. The van der Waals surface area contributed by atoms with Crippen LogP contribution >= 0.6 is 11.3 Å². The number of thiazole rings is 1. The Morgan fingerprint density at radius 1 is 1.45 bits per heavy atom. The van der Waals surface area contributed by atoms with Gasteiger partial charge in [-0.3, -0.25) is 9.30 Å². The van der Waals surface area contributed by atoms with Crippen molar-refractivity contribution in [1.29, 1.82) is 0 Å². The lowest BCUT2D eigenvalue weighted by atomic mass is 10.1. The maximum atomic E-state index is 4.86. The van der Waals surface area contributed by atoms with Crippen LogP contribution in [0.25, 0.3) is 4.96 Å². The third-order valence-corrected chi connectivity index (χ3v) is 4.99. The van der Waals surface area contributed by atoms with E-state index in [0.717, 1.165) is 37.0 Å². The average molecular weight is 293 g/mol. The Morgan fingerprint density at radius 2 is 2.30 bits per heavy atom. The lowest BCUT2D eigenvalue weighted by molar-refractivity contribution is 0.213. The summed E-state index contributed by atoms with van der Waals surface area (Å²) in [5.74, 6) is 1.16. The molecule has 1 saturated heterocycles. The van der Waals surface area contributed by atoms with E-state index in [1.165, 1.54) is 12.1 Å². The Balaban J connectivity index is 1.92. The molecule has 1 atom stereocenters. The van der Waals surface area contributed by atoms with Gasteiger partial charge in [-0.25, -0.2) is 4.98 Å². The van der Waals surface area contributed by atoms with Crippen LogP contribution in [0.1, 0.15) is 19.0 Å². The van der Waals surface area contributed by atoms with E-state index in [-0.39, 0.29) is 0 Å². The Morgan fingerprint density at radius 3 is 3.05 bits per heavy atom. The molecule has 3 rings (SSSR count). The highest BCUT2D eigenvalue weighted by Gasteiger charge is 2.26. The zero-order chi connectivity index (χ0) is 14.1. The van der Waals surface area contributed by atoms with Crippen LogP contribution < -0.4 is 10.2 Å². The third-order valence-electron chi connectivity index (χ3n) is 4.23. The number of piperazine rings is 1. The van der Waals surface area contributed by atoms with Crippen LogP contribution in [0.4, 0.5) is 5.82 Å². The molecule has 0 saturated carbocycles. The fraction of sp³-hybridized carbons (Fsp3) is 0.643. The topological polar surface area (TPSA) is 35.8 Å². The van der Waals surface area contributed by atoms with Crippen molar-refractivity contribution in [3.63, 3.8) is 0 Å². The molecule has 6 heteroatoms. The number of rotatable bonds is 4. The smallest absolute Gasteiger partial charge is 0.195 e. The molecular formula is C14H23N5S. The molecule has 110 valence electrons. The van der Waals surface area contributed by atoms with E-state index in [1.54, 1.807) is 11.3 Å². The standard InChI is InChI=1S/C14H23N5S/c1-4-11-10-18(6-5-17(11)3)13-12(9-15-2)19-7-8-20-14(19)16-13/h7-8,11,15H,4-6,9-10H2,1-3H3. The molecule has 2 aromatic rings. The molecule has 0 bridgehead atoms. The largest absolute Gasteiger partial charge is 0.352 e. The number of nitrogens with zero attached hydrogens (tertiary/aromatic N) is 4. The molecular weight excluding hydrogens is 270 g/mol. The van der Waals surface area contributed by atoms with E-state index in [4.69, 9.17) is 4.98 Å². The van der Waals surface area contributed by atoms with Gasteiger partial charge < -0.3 is 10.2 Å². The van der Waals surface area contributed by atoms with Crippen molar-refractivity contribution in [3.05, 3.63) is 17.3 Å². The highest BCUT2D eigenvalue weighted by molar-refractivity contribution is 7.15. The second-order valence-corrected chi connectivity index (χ2v) is 6.33. The number of aromatic nitrogens is 2. The van der Waals surface area contributed by atoms with Gasteiger partial charge in [-0.1, -0.05) is 6.92 Å². The number of anilines is 1. The lowest BCUT2D eigenvalue weighted by Gasteiger charge is -2.39. The number of imidazole rings is 1. The van der Waals surface area contributed by atoms with Gasteiger partial charge in [-0.15, -0.1) is 11.3 Å². The van der Waals surface area contributed by atoms with Crippen LogP contribution in [0.5, 0.6) is 0 Å². The average Bonchev–Trinajstić information content (AvgIpc) is 3.02. The highest BCUT2D eigenvalue weighted by atomic mass is 32.1. The summed E-state index contributed by atoms with van der Waals surface area (Å²) in [6.45, 7) is 6.38. The summed E-state index contributed by atoms with van der Waals surface area (Å²) >= 11 is 1.71. The minimum atomic E-state index is 0.630. The zero-order valence-corrected chi connectivity index (χ0v) is 13.3. The number of likely N-dealkylation sites (N-methyl/N-ethyl adjacent to an activating group) is 1. The summed E-state index contributed by atoms with van der Waals surface area (Å²) in [7, 11) is 4.22. The molecule has 3 heterocycles. The van der Waals surface area contributed by atoms with Crippen molar-refractivity contribution in [2.45, 2.75) is 25.9 Å². The molecule has 0 aliphatic carbocycles. The monoisotopic (exact) mass is 293 g/mol. The number of nitrogens with one attached hydrogen (secondary N) is 1. The first-order valence-electron chi connectivity index (χ1n) is 7.28. The summed E-state index contributed by atoms with van der Waals surface area (Å²) in [5, 5.41) is 5.37. The summed E-state index contributed by atoms with van der Waals surface area (Å²) in [5.41, 5.74) is 1.28. The summed E-state index contributed by atoms with van der Waals surface area (Å²) in [6, 6.07) is 0.630. The predicted octanol–water partition coefficient (Wildman–Crippen LogP) is 1.65. The molecule has 0 aromatic carbocycles. The van der Waals surface area contributed by atoms with Gasteiger partial charge in [0.2, 0.25) is 0 Å². The van der Waals surface area contributed by atoms with Gasteiger partial charge in [-0.2, -0.15) is 0 Å². The van der Waals surface area contributed by atoms with Gasteiger partial charge in [0.25, 0.3) is 0 Å². The molecule has 2 aromatic heterocycles. The van der Waals surface area contributed by atoms with Gasteiger partial charge in [0.15, 0.2) is 10.8 Å². The first-order valence-corrected chi connectivity index (χ1v) is 8.16. The number of fused-ring (bicyclic) bond motifs is 1. The Labute approximate surface area is 124 Å². The Hall–Kier alpha value is -1.11. The van der Waals surface area contributed by atoms with E-state index >= 15 is 0 Å². The minimum absolute atomic E-state index is 0.630. The summed E-state index contributed by atoms with van der Waals surface area (Å²) in [4.78, 5) is 10.9. The van der Waals surface area contributed by atoms with Crippen LogP contribution in [0.15, 0.2) is 11.6 Å². The van der Waals surface area contributed by atoms with Crippen LogP contribution in [-0.2, 0) is 6.54 Å². The molecule has 1 unspecified atom stereocenters. The minimum Gasteiger partial charge on any atom is -0.352 e. The molecule has 1 aliphatic rings. The Kier molecular flexibility index (Phi) is 3.96. The van der Waals surface area contributed by atoms with Crippen molar-refractivity contribution >= 4 is 22.1 Å². The quantitative estimate of drug-likeness (QED) is 0.930. The van der Waals surface area contributed by atoms with Gasteiger partial charge in [0.1, 0.15) is 0 Å². The first kappa shape index (κ1) is 13.9. The van der Waals surface area contributed by atoms with E-state index in [1.807, 2.05) is 7.05 Å². The normalized spacial score (nSPS) is 20.9. The molecule has 0 spiro atoms. The number of hydrogen-bond donors (Lipinski definition) is 1. The zero-order valence-electron chi connectivity index (χ0n) is 12.5. The second kappa shape index (κ2) is 5.71. The Bertz CT molecular complexity index is 575. The summed E-state index contributed by atoms with van der Waals surface area (Å²) < 4.78 is 2.22. The van der Waals surface area contributed by atoms with Gasteiger partial charge >= 0.3 is 0 Å². The lowest BCUT2D eigenvalue weighted by Crippen LogP contribution is -2.51. The molecule has 0 amide bonds. The van der Waals surface area contributed by atoms with Crippen molar-refractivity contribution in [1.82, 2.24) is 19.6 Å². The highest BCUT2D eigenvalue weighted by Crippen LogP contribution is 2.26. The van der Waals surface area contributed by atoms with E-state index < -0.39 is 0 Å². The number of hydrogen-bond acceptors (Lipinski definition) is 5. The van der Waals surface area contributed by atoms with Crippen molar-refractivity contribution in [2.24, 2.45) is 0 Å². The fourth-order valence-corrected chi connectivity index (χ4v) is 3.71. The SMILES string of the molecule is CCC1CN(c2nc3sccn3c2CNC)CCN1C. The first-order chi connectivity index (χ1) is 9.74. The maximum Gasteiger partial charge on any atom is 0.195 e. The van der Waals surface area contributed by atoms with E-state index in [0.29, 0.717) is 6.04 Å². The molecule has 1 aliphatic heterocycles. The van der Waals surface area contributed by atoms with E-state index in [9.17, 15) is 0 Å². The van der Waals surface area contributed by atoms with Crippen LogP contribution in [0.3, 0.4) is 0 Å². The van der Waals surface area contributed by atoms with Crippen molar-refractivity contribution in [2.75, 3.05) is 38.6 Å². The maximum absolute atomic E-state index is 4.86. The van der Waals surface area contributed by atoms with Crippen molar-refractivity contribution in [3.8, 4) is 0 Å². The fourth-order valence-electron chi connectivity index (χ4n) is 2.99. The molecule has 5 nitrogen and oxygen atoms in total. The van der Waals surface area contributed by atoms with Crippen LogP contribution in [0.2, 0.25) is 0 Å². The molecule has 1 fully saturated rings. The predicted molar refractivity (Wildman–Crippen MR) is 84.8 cm³/mol. The van der Waals surface area contributed by atoms with Gasteiger partial charge in [-0.05, 0) is 20.5 Å².